The van der Waals surface area contributed by atoms with Crippen LogP contribution in [0.2, 0.25) is 0 Å². The Balaban J connectivity index is 1.80. The number of carbonyl (C=O) groups is 3. The summed E-state index contributed by atoms with van der Waals surface area (Å²) < 4.78 is 4.85. The highest BCUT2D eigenvalue weighted by Gasteiger charge is 2.32. The van der Waals surface area contributed by atoms with Gasteiger partial charge in [-0.15, -0.1) is 0 Å². The number of esters is 1. The largest absolute Gasteiger partial charge is 0.467 e. The molecule has 176 valence electrons. The number of aryl methyl sites for hydroxylation is 1. The number of rotatable bonds is 9. The minimum atomic E-state index is -1.65. The van der Waals surface area contributed by atoms with Crippen LogP contribution in [-0.4, -0.2) is 42.1 Å². The molecule has 3 atom stereocenters. The first kappa shape index (κ1) is 24.7. The molecule has 2 amide bonds. The van der Waals surface area contributed by atoms with Crippen LogP contribution in [0.15, 0.2) is 84.9 Å². The number of hydrogen-bond donors (Lipinski definition) is 3. The van der Waals surface area contributed by atoms with Gasteiger partial charge in [0.15, 0.2) is 6.10 Å². The molecule has 0 spiro atoms. The number of carbonyl (C=O) groups excluding carboxylic acids is 3. The number of methoxy groups -OCH3 is 1. The quantitative estimate of drug-likeness (QED) is 0.426. The SMILES string of the molecule is COC(=O)[C@@H](Cc1ccc(C)cc1)NC(=O)[C@H](O)[C@@H](NC(=O)c1ccccc1)c1ccccc1. The average Bonchev–Trinajstić information content (AvgIpc) is 2.88. The van der Waals surface area contributed by atoms with E-state index in [4.69, 9.17) is 4.74 Å². The zero-order chi connectivity index (χ0) is 24.5. The Labute approximate surface area is 198 Å². The lowest BCUT2D eigenvalue weighted by atomic mass is 9.99. The number of benzene rings is 3. The third-order valence-corrected chi connectivity index (χ3v) is 5.43. The molecular formula is C27H28N2O5. The number of amides is 2. The summed E-state index contributed by atoms with van der Waals surface area (Å²) in [5.41, 5.74) is 2.83. The fraction of sp³-hybridized carbons (Fsp3) is 0.222. The van der Waals surface area contributed by atoms with Crippen molar-refractivity contribution in [3.63, 3.8) is 0 Å². The zero-order valence-electron chi connectivity index (χ0n) is 19.1. The summed E-state index contributed by atoms with van der Waals surface area (Å²) in [5.74, 6) is -1.87. The maximum Gasteiger partial charge on any atom is 0.328 e. The van der Waals surface area contributed by atoms with Gasteiger partial charge >= 0.3 is 5.97 Å². The highest BCUT2D eigenvalue weighted by atomic mass is 16.5. The van der Waals surface area contributed by atoms with E-state index >= 15 is 0 Å². The van der Waals surface area contributed by atoms with Gasteiger partial charge in [-0.25, -0.2) is 4.79 Å². The molecule has 0 saturated heterocycles. The fourth-order valence-corrected chi connectivity index (χ4v) is 3.52. The van der Waals surface area contributed by atoms with Crippen LogP contribution in [-0.2, 0) is 20.7 Å². The van der Waals surface area contributed by atoms with Crippen molar-refractivity contribution < 1.29 is 24.2 Å². The molecule has 34 heavy (non-hydrogen) atoms. The van der Waals surface area contributed by atoms with E-state index in [2.05, 4.69) is 10.6 Å². The van der Waals surface area contributed by atoms with E-state index in [1.165, 1.54) is 7.11 Å². The normalized spacial score (nSPS) is 13.3. The molecule has 0 saturated carbocycles. The van der Waals surface area contributed by atoms with Gasteiger partial charge in [0.1, 0.15) is 6.04 Å². The Hall–Kier alpha value is -3.97. The first-order valence-corrected chi connectivity index (χ1v) is 10.9. The topological polar surface area (TPSA) is 105 Å². The first-order chi connectivity index (χ1) is 16.4. The maximum absolute atomic E-state index is 13.0. The number of aliphatic hydroxyl groups excluding tert-OH is 1. The second-order valence-corrected chi connectivity index (χ2v) is 7.95. The number of hydrogen-bond acceptors (Lipinski definition) is 5. The summed E-state index contributed by atoms with van der Waals surface area (Å²) in [6, 6.07) is 22.7. The molecule has 7 heteroatoms. The Kier molecular flexibility index (Phi) is 8.54. The average molecular weight is 461 g/mol. The van der Waals surface area contributed by atoms with Crippen LogP contribution in [0.5, 0.6) is 0 Å². The van der Waals surface area contributed by atoms with Gasteiger partial charge in [0.25, 0.3) is 11.8 Å². The van der Waals surface area contributed by atoms with Crippen LogP contribution >= 0.6 is 0 Å². The Morgan fingerprint density at radius 1 is 0.853 bits per heavy atom. The Morgan fingerprint density at radius 2 is 1.44 bits per heavy atom. The van der Waals surface area contributed by atoms with Gasteiger partial charge in [0.2, 0.25) is 0 Å². The van der Waals surface area contributed by atoms with Gasteiger partial charge in [-0.3, -0.25) is 9.59 Å². The molecule has 3 aromatic carbocycles. The van der Waals surface area contributed by atoms with Crippen molar-refractivity contribution >= 4 is 17.8 Å². The third-order valence-electron chi connectivity index (χ3n) is 5.43. The van der Waals surface area contributed by atoms with Crippen LogP contribution in [0, 0.1) is 6.92 Å². The van der Waals surface area contributed by atoms with Gasteiger partial charge in [-0.05, 0) is 30.2 Å². The van der Waals surface area contributed by atoms with Crippen LogP contribution in [0.3, 0.4) is 0 Å². The van der Waals surface area contributed by atoms with Gasteiger partial charge in [0, 0.05) is 12.0 Å². The van der Waals surface area contributed by atoms with Crippen molar-refractivity contribution in [3.05, 3.63) is 107 Å². The standard InChI is InChI=1S/C27H28N2O5/c1-18-13-15-19(16-14-18)17-22(27(33)34-2)28-26(32)24(30)23(20-9-5-3-6-10-20)29-25(31)21-11-7-4-8-12-21/h3-16,22-24,30H,17H2,1-2H3,(H,28,32)(H,29,31)/t22-,23+,24-/m1/s1. The lowest BCUT2D eigenvalue weighted by Crippen LogP contribution is -2.51. The first-order valence-electron chi connectivity index (χ1n) is 10.9. The van der Waals surface area contributed by atoms with Gasteiger partial charge < -0.3 is 20.5 Å². The lowest BCUT2D eigenvalue weighted by molar-refractivity contribution is -0.146. The highest BCUT2D eigenvalue weighted by Crippen LogP contribution is 2.19. The van der Waals surface area contributed by atoms with E-state index in [1.807, 2.05) is 31.2 Å². The van der Waals surface area contributed by atoms with Gasteiger partial charge in [0.05, 0.1) is 13.2 Å². The van der Waals surface area contributed by atoms with Crippen LogP contribution in [0.1, 0.15) is 33.1 Å². The van der Waals surface area contributed by atoms with Crippen molar-refractivity contribution in [1.82, 2.24) is 10.6 Å². The molecule has 0 bridgehead atoms. The Morgan fingerprint density at radius 3 is 2.03 bits per heavy atom. The molecule has 3 aromatic rings. The van der Waals surface area contributed by atoms with E-state index in [0.717, 1.165) is 11.1 Å². The van der Waals surface area contributed by atoms with Crippen molar-refractivity contribution in [2.45, 2.75) is 31.5 Å². The number of ether oxygens (including phenoxy) is 1. The maximum atomic E-state index is 13.0. The van der Waals surface area contributed by atoms with Crippen LogP contribution in [0.25, 0.3) is 0 Å². The van der Waals surface area contributed by atoms with E-state index in [0.29, 0.717) is 11.1 Å². The second kappa shape index (κ2) is 11.8. The zero-order valence-corrected chi connectivity index (χ0v) is 19.1. The summed E-state index contributed by atoms with van der Waals surface area (Å²) in [4.78, 5) is 38.2. The van der Waals surface area contributed by atoms with E-state index in [-0.39, 0.29) is 6.42 Å². The molecule has 0 heterocycles. The molecule has 3 N–H and O–H groups in total. The molecule has 7 nitrogen and oxygen atoms in total. The smallest absolute Gasteiger partial charge is 0.328 e. The van der Waals surface area contributed by atoms with Crippen LogP contribution < -0.4 is 10.6 Å². The summed E-state index contributed by atoms with van der Waals surface area (Å²) in [5, 5.41) is 16.3. The van der Waals surface area contributed by atoms with Gasteiger partial charge in [-0.2, -0.15) is 0 Å². The molecule has 3 rings (SSSR count). The fourth-order valence-electron chi connectivity index (χ4n) is 3.52. The molecule has 0 radical (unpaired) electrons. The minimum absolute atomic E-state index is 0.192. The summed E-state index contributed by atoms with van der Waals surface area (Å²) in [6.07, 6.45) is -1.46. The van der Waals surface area contributed by atoms with E-state index < -0.39 is 36.0 Å². The molecule has 0 fully saturated rings. The van der Waals surface area contributed by atoms with Crippen molar-refractivity contribution in [2.75, 3.05) is 7.11 Å². The summed E-state index contributed by atoms with van der Waals surface area (Å²) in [6.45, 7) is 1.95. The monoisotopic (exact) mass is 460 g/mol. The van der Waals surface area contributed by atoms with Crippen molar-refractivity contribution in [1.29, 1.82) is 0 Å². The molecule has 0 unspecified atom stereocenters. The van der Waals surface area contributed by atoms with Crippen molar-refractivity contribution in [2.24, 2.45) is 0 Å². The molecule has 0 aliphatic carbocycles. The summed E-state index contributed by atoms with van der Waals surface area (Å²) >= 11 is 0. The minimum Gasteiger partial charge on any atom is -0.467 e. The Bertz CT molecular complexity index is 1100. The molecule has 0 aliphatic heterocycles. The summed E-state index contributed by atoms with van der Waals surface area (Å²) in [7, 11) is 1.24. The molecule has 0 aliphatic rings. The van der Waals surface area contributed by atoms with E-state index in [9.17, 15) is 19.5 Å². The third kappa shape index (κ3) is 6.52. The highest BCUT2D eigenvalue weighted by molar-refractivity contribution is 5.95. The molecule has 0 aromatic heterocycles. The molecular weight excluding hydrogens is 432 g/mol. The number of aliphatic hydroxyl groups is 1. The lowest BCUT2D eigenvalue weighted by Gasteiger charge is -2.26. The second-order valence-electron chi connectivity index (χ2n) is 7.95. The predicted octanol–water partition coefficient (Wildman–Crippen LogP) is 2.73. The number of nitrogens with one attached hydrogen (secondary N) is 2. The van der Waals surface area contributed by atoms with E-state index in [1.54, 1.807) is 60.7 Å². The van der Waals surface area contributed by atoms with Gasteiger partial charge in [-0.1, -0.05) is 78.4 Å². The van der Waals surface area contributed by atoms with Crippen molar-refractivity contribution in [3.8, 4) is 0 Å². The van der Waals surface area contributed by atoms with Crippen LogP contribution in [0.4, 0.5) is 0 Å². The predicted molar refractivity (Wildman–Crippen MR) is 128 cm³/mol.